The minimum Gasteiger partial charge on any atom is -0.497 e. The standard InChI is InChI=1S/C23H25FN2O3/c1-15-3-5-16(6-4-15)21-20(24)22(23(28)13-11-18(27)12-14-23)25-26(21)17-7-9-19(29-2)10-8-17/h3-10,18,27-28H,11-14H2,1-2H3. The highest BCUT2D eigenvalue weighted by molar-refractivity contribution is 5.64. The number of nitrogens with zero attached hydrogens (tertiary/aromatic N) is 2. The van der Waals surface area contributed by atoms with Crippen LogP contribution in [0.25, 0.3) is 16.9 Å². The summed E-state index contributed by atoms with van der Waals surface area (Å²) < 4.78 is 22.5. The van der Waals surface area contributed by atoms with Gasteiger partial charge in [-0.3, -0.25) is 0 Å². The van der Waals surface area contributed by atoms with Crippen molar-refractivity contribution >= 4 is 0 Å². The van der Waals surface area contributed by atoms with Gasteiger partial charge in [-0.25, -0.2) is 9.07 Å². The zero-order valence-corrected chi connectivity index (χ0v) is 16.6. The highest BCUT2D eigenvalue weighted by Gasteiger charge is 2.40. The number of aromatic nitrogens is 2. The van der Waals surface area contributed by atoms with Gasteiger partial charge < -0.3 is 14.9 Å². The Morgan fingerprint density at radius 1 is 1.07 bits per heavy atom. The molecule has 152 valence electrons. The highest BCUT2D eigenvalue weighted by atomic mass is 19.1. The lowest BCUT2D eigenvalue weighted by Crippen LogP contribution is -2.34. The summed E-state index contributed by atoms with van der Waals surface area (Å²) in [6.07, 6.45) is 0.936. The van der Waals surface area contributed by atoms with Gasteiger partial charge in [0.15, 0.2) is 5.82 Å². The number of benzene rings is 2. The van der Waals surface area contributed by atoms with E-state index in [9.17, 15) is 10.2 Å². The smallest absolute Gasteiger partial charge is 0.175 e. The van der Waals surface area contributed by atoms with Crippen LogP contribution in [-0.2, 0) is 5.60 Å². The Bertz CT molecular complexity index is 988. The molecule has 29 heavy (non-hydrogen) atoms. The molecule has 6 heteroatoms. The summed E-state index contributed by atoms with van der Waals surface area (Å²) in [4.78, 5) is 0. The second-order valence-corrected chi connectivity index (χ2v) is 7.75. The van der Waals surface area contributed by atoms with Crippen LogP contribution in [0.2, 0.25) is 0 Å². The Morgan fingerprint density at radius 3 is 2.28 bits per heavy atom. The maximum Gasteiger partial charge on any atom is 0.175 e. The quantitative estimate of drug-likeness (QED) is 0.696. The van der Waals surface area contributed by atoms with E-state index in [1.807, 2.05) is 31.2 Å². The van der Waals surface area contributed by atoms with Gasteiger partial charge in [0.25, 0.3) is 0 Å². The zero-order valence-electron chi connectivity index (χ0n) is 16.6. The van der Waals surface area contributed by atoms with Crippen LogP contribution in [0, 0.1) is 12.7 Å². The van der Waals surface area contributed by atoms with Gasteiger partial charge >= 0.3 is 0 Å². The van der Waals surface area contributed by atoms with E-state index in [0.29, 0.717) is 35.5 Å². The third-order valence-electron chi connectivity index (χ3n) is 5.69. The third kappa shape index (κ3) is 3.66. The first-order chi connectivity index (χ1) is 13.9. The molecule has 1 aromatic heterocycles. The molecule has 1 fully saturated rings. The molecular weight excluding hydrogens is 371 g/mol. The predicted molar refractivity (Wildman–Crippen MR) is 109 cm³/mol. The average Bonchev–Trinajstić information content (AvgIpc) is 3.09. The number of aryl methyl sites for hydroxylation is 1. The van der Waals surface area contributed by atoms with Crippen molar-refractivity contribution in [3.05, 3.63) is 65.6 Å². The summed E-state index contributed by atoms with van der Waals surface area (Å²) in [7, 11) is 1.59. The average molecular weight is 396 g/mol. The molecule has 0 unspecified atom stereocenters. The van der Waals surface area contributed by atoms with Gasteiger partial charge in [-0.15, -0.1) is 0 Å². The predicted octanol–water partition coefficient (Wildman–Crippen LogP) is 4.12. The fraction of sp³-hybridized carbons (Fsp3) is 0.348. The summed E-state index contributed by atoms with van der Waals surface area (Å²) in [5.41, 5.74) is 1.39. The summed E-state index contributed by atoms with van der Waals surface area (Å²) in [6.45, 7) is 1.97. The fourth-order valence-electron chi connectivity index (χ4n) is 3.88. The molecule has 0 aliphatic heterocycles. The number of ether oxygens (including phenoxy) is 1. The molecule has 0 bridgehead atoms. The van der Waals surface area contributed by atoms with Crippen LogP contribution in [0.5, 0.6) is 5.75 Å². The maximum absolute atomic E-state index is 15.7. The number of aliphatic hydroxyl groups is 2. The van der Waals surface area contributed by atoms with Crippen LogP contribution in [0.4, 0.5) is 4.39 Å². The van der Waals surface area contributed by atoms with Crippen molar-refractivity contribution in [1.82, 2.24) is 9.78 Å². The van der Waals surface area contributed by atoms with E-state index in [2.05, 4.69) is 5.10 Å². The lowest BCUT2D eigenvalue weighted by atomic mass is 9.81. The van der Waals surface area contributed by atoms with Gasteiger partial charge in [-0.2, -0.15) is 5.10 Å². The second-order valence-electron chi connectivity index (χ2n) is 7.75. The Balaban J connectivity index is 1.87. The minimum absolute atomic E-state index is 0.0378. The highest BCUT2D eigenvalue weighted by Crippen LogP contribution is 2.40. The van der Waals surface area contributed by atoms with E-state index in [1.54, 1.807) is 31.4 Å². The molecule has 0 radical (unpaired) electrons. The molecule has 1 aliphatic carbocycles. The molecule has 0 saturated heterocycles. The van der Waals surface area contributed by atoms with Gasteiger partial charge in [-0.05, 0) is 56.9 Å². The number of rotatable bonds is 4. The number of aliphatic hydroxyl groups excluding tert-OH is 1. The van der Waals surface area contributed by atoms with Crippen molar-refractivity contribution in [2.45, 2.75) is 44.3 Å². The van der Waals surface area contributed by atoms with Crippen LogP contribution >= 0.6 is 0 Å². The SMILES string of the molecule is COc1ccc(-n2nc(C3(O)CCC(O)CC3)c(F)c2-c2ccc(C)cc2)cc1. The second kappa shape index (κ2) is 7.61. The Kier molecular flexibility index (Phi) is 5.15. The van der Waals surface area contributed by atoms with Gasteiger partial charge in [-0.1, -0.05) is 29.8 Å². The van der Waals surface area contributed by atoms with Gasteiger partial charge in [0.1, 0.15) is 22.7 Å². The van der Waals surface area contributed by atoms with Crippen LogP contribution in [0.15, 0.2) is 48.5 Å². The van der Waals surface area contributed by atoms with Gasteiger partial charge in [0, 0.05) is 5.56 Å². The number of methoxy groups -OCH3 is 1. The topological polar surface area (TPSA) is 67.5 Å². The Hall–Kier alpha value is -2.70. The van der Waals surface area contributed by atoms with Crippen LogP contribution in [-0.4, -0.2) is 33.2 Å². The van der Waals surface area contributed by atoms with Crippen LogP contribution < -0.4 is 4.74 Å². The molecule has 1 aliphatic rings. The minimum atomic E-state index is -1.39. The molecule has 2 N–H and O–H groups in total. The fourth-order valence-corrected chi connectivity index (χ4v) is 3.88. The monoisotopic (exact) mass is 396 g/mol. The molecule has 0 atom stereocenters. The Morgan fingerprint density at radius 2 is 1.69 bits per heavy atom. The van der Waals surface area contributed by atoms with Gasteiger partial charge in [0.2, 0.25) is 0 Å². The zero-order chi connectivity index (χ0) is 20.6. The first-order valence-electron chi connectivity index (χ1n) is 9.82. The van der Waals surface area contributed by atoms with Crippen molar-refractivity contribution in [2.75, 3.05) is 7.11 Å². The molecule has 4 rings (SSSR count). The molecular formula is C23H25FN2O3. The third-order valence-corrected chi connectivity index (χ3v) is 5.69. The lowest BCUT2D eigenvalue weighted by Gasteiger charge is -2.32. The molecule has 0 amide bonds. The summed E-state index contributed by atoms with van der Waals surface area (Å²) in [6, 6.07) is 14.7. The molecule has 0 spiro atoms. The first kappa shape index (κ1) is 19.6. The first-order valence-corrected chi connectivity index (χ1v) is 9.82. The molecule has 3 aromatic rings. The van der Waals surface area contributed by atoms with E-state index < -0.39 is 17.5 Å². The van der Waals surface area contributed by atoms with Crippen LogP contribution in [0.3, 0.4) is 0 Å². The normalized spacial score (nSPS) is 21.9. The van der Waals surface area contributed by atoms with Crippen molar-refractivity contribution < 1.29 is 19.3 Å². The Labute approximate surface area is 169 Å². The summed E-state index contributed by atoms with van der Waals surface area (Å²) in [5.74, 6) is 0.168. The van der Waals surface area contributed by atoms with Crippen molar-refractivity contribution in [2.24, 2.45) is 0 Å². The molecule has 1 heterocycles. The molecule has 1 saturated carbocycles. The molecule has 5 nitrogen and oxygen atoms in total. The van der Waals surface area contributed by atoms with E-state index in [0.717, 1.165) is 5.56 Å². The van der Waals surface area contributed by atoms with E-state index in [1.165, 1.54) is 4.68 Å². The summed E-state index contributed by atoms with van der Waals surface area (Å²) >= 11 is 0. The number of hydrogen-bond donors (Lipinski definition) is 2. The largest absolute Gasteiger partial charge is 0.497 e. The maximum atomic E-state index is 15.7. The van der Waals surface area contributed by atoms with E-state index >= 15 is 4.39 Å². The van der Waals surface area contributed by atoms with Gasteiger partial charge in [0.05, 0.1) is 18.9 Å². The van der Waals surface area contributed by atoms with Crippen LogP contribution in [0.1, 0.15) is 36.9 Å². The van der Waals surface area contributed by atoms with Crippen molar-refractivity contribution in [3.63, 3.8) is 0 Å². The number of halogens is 1. The van der Waals surface area contributed by atoms with Crippen molar-refractivity contribution in [3.8, 4) is 22.7 Å². The van der Waals surface area contributed by atoms with Crippen molar-refractivity contribution in [1.29, 1.82) is 0 Å². The van der Waals surface area contributed by atoms with E-state index in [-0.39, 0.29) is 18.5 Å². The molecule has 2 aromatic carbocycles. The number of hydrogen-bond acceptors (Lipinski definition) is 4. The van der Waals surface area contributed by atoms with E-state index in [4.69, 9.17) is 4.74 Å². The lowest BCUT2D eigenvalue weighted by molar-refractivity contribution is -0.0416. The summed E-state index contributed by atoms with van der Waals surface area (Å²) in [5, 5.41) is 25.5.